The molecule has 0 saturated carbocycles. The van der Waals surface area contributed by atoms with E-state index in [0.717, 1.165) is 28.3 Å². The van der Waals surface area contributed by atoms with Crippen LogP contribution in [0.4, 0.5) is 11.4 Å². The van der Waals surface area contributed by atoms with Gasteiger partial charge in [-0.2, -0.15) is 0 Å². The molecule has 5 nitrogen and oxygen atoms in total. The van der Waals surface area contributed by atoms with Gasteiger partial charge in [0, 0.05) is 29.9 Å². The number of amidine groups is 1. The zero-order chi connectivity index (χ0) is 21.5. The standard InChI is InChI=1S/C24H25N3O2S/c1-15-14-24(2,3)27(4)19-13-20(29-5)16(11-18(15)19)12-21-22(28)26-23(30-21)25-17-9-7-6-8-10-17/h6-14H,1-5H3,(H,25,26,28)/b21-12+. The minimum Gasteiger partial charge on any atom is -0.496 e. The number of carbonyl (C=O) groups is 1. The molecule has 0 aliphatic carbocycles. The second-order valence-corrected chi connectivity index (χ2v) is 9.00. The first-order chi connectivity index (χ1) is 14.3. The van der Waals surface area contributed by atoms with Crippen molar-refractivity contribution in [2.45, 2.75) is 26.3 Å². The highest BCUT2D eigenvalue weighted by molar-refractivity contribution is 8.18. The van der Waals surface area contributed by atoms with Gasteiger partial charge in [0.1, 0.15) is 5.75 Å². The number of hydrogen-bond donors (Lipinski definition) is 1. The smallest absolute Gasteiger partial charge is 0.264 e. The number of nitrogens with one attached hydrogen (secondary N) is 1. The van der Waals surface area contributed by atoms with Crippen LogP contribution in [0.1, 0.15) is 31.9 Å². The molecule has 2 aliphatic rings. The van der Waals surface area contributed by atoms with E-state index in [9.17, 15) is 4.79 Å². The van der Waals surface area contributed by atoms with Crippen molar-refractivity contribution in [2.24, 2.45) is 4.99 Å². The Morgan fingerprint density at radius 3 is 2.63 bits per heavy atom. The lowest BCUT2D eigenvalue weighted by atomic mass is 9.88. The molecule has 1 amide bonds. The lowest BCUT2D eigenvalue weighted by Gasteiger charge is -2.41. The van der Waals surface area contributed by atoms with Gasteiger partial charge in [0.15, 0.2) is 5.17 Å². The molecule has 2 aromatic rings. The Morgan fingerprint density at radius 2 is 1.93 bits per heavy atom. The van der Waals surface area contributed by atoms with Gasteiger partial charge in [0.25, 0.3) is 5.91 Å². The van der Waals surface area contributed by atoms with E-state index in [-0.39, 0.29) is 11.4 Å². The maximum Gasteiger partial charge on any atom is 0.264 e. The molecule has 0 radical (unpaired) electrons. The van der Waals surface area contributed by atoms with E-state index < -0.39 is 0 Å². The number of fused-ring (bicyclic) bond motifs is 1. The average Bonchev–Trinajstić information content (AvgIpc) is 3.05. The third-order valence-corrected chi connectivity index (χ3v) is 6.40. The van der Waals surface area contributed by atoms with Gasteiger partial charge in [-0.3, -0.25) is 4.79 Å². The van der Waals surface area contributed by atoms with E-state index >= 15 is 0 Å². The molecule has 1 saturated heterocycles. The van der Waals surface area contributed by atoms with E-state index in [1.807, 2.05) is 36.4 Å². The van der Waals surface area contributed by atoms with Crippen molar-refractivity contribution in [1.82, 2.24) is 5.32 Å². The van der Waals surface area contributed by atoms with Gasteiger partial charge in [-0.1, -0.05) is 24.3 Å². The number of carbonyl (C=O) groups excluding carboxylic acids is 1. The molecule has 2 heterocycles. The van der Waals surface area contributed by atoms with Crippen LogP contribution in [0.5, 0.6) is 5.75 Å². The first kappa shape index (κ1) is 20.3. The summed E-state index contributed by atoms with van der Waals surface area (Å²) in [4.78, 5) is 19.9. The summed E-state index contributed by atoms with van der Waals surface area (Å²) in [5.41, 5.74) is 5.08. The van der Waals surface area contributed by atoms with Crippen molar-refractivity contribution in [2.75, 3.05) is 19.1 Å². The monoisotopic (exact) mass is 419 g/mol. The Bertz CT molecular complexity index is 1100. The van der Waals surface area contributed by atoms with Crippen LogP contribution >= 0.6 is 11.8 Å². The Labute approximate surface area is 181 Å². The third-order valence-electron chi connectivity index (χ3n) is 5.49. The normalized spacial score (nSPS) is 20.2. The molecule has 1 N–H and O–H groups in total. The van der Waals surface area contributed by atoms with Crippen LogP contribution < -0.4 is 15.0 Å². The maximum absolute atomic E-state index is 12.5. The number of likely N-dealkylation sites (N-methyl/N-ethyl adjacent to an activating group) is 1. The number of amides is 1. The summed E-state index contributed by atoms with van der Waals surface area (Å²) in [5, 5.41) is 3.42. The van der Waals surface area contributed by atoms with Gasteiger partial charge in [0.05, 0.1) is 23.2 Å². The second kappa shape index (κ2) is 7.69. The summed E-state index contributed by atoms with van der Waals surface area (Å²) in [6.45, 7) is 6.50. The third kappa shape index (κ3) is 3.75. The molecule has 0 unspecified atom stereocenters. The highest BCUT2D eigenvalue weighted by atomic mass is 32.2. The van der Waals surface area contributed by atoms with Crippen LogP contribution in [0.25, 0.3) is 11.6 Å². The summed E-state index contributed by atoms with van der Waals surface area (Å²) >= 11 is 1.34. The minimum absolute atomic E-state index is 0.0773. The van der Waals surface area contributed by atoms with Crippen molar-refractivity contribution >= 4 is 45.9 Å². The topological polar surface area (TPSA) is 53.9 Å². The molecule has 0 spiro atoms. The average molecular weight is 420 g/mol. The fraction of sp³-hybridized carbons (Fsp3) is 0.250. The molecule has 154 valence electrons. The predicted molar refractivity (Wildman–Crippen MR) is 126 cm³/mol. The van der Waals surface area contributed by atoms with Gasteiger partial charge in [0.2, 0.25) is 0 Å². The number of rotatable bonds is 3. The molecule has 2 aliphatic heterocycles. The number of para-hydroxylation sites is 1. The summed E-state index contributed by atoms with van der Waals surface area (Å²) in [5.74, 6) is 0.584. The molecule has 6 heteroatoms. The van der Waals surface area contributed by atoms with Gasteiger partial charge >= 0.3 is 0 Å². The Hall–Kier alpha value is -2.99. The molecule has 30 heavy (non-hydrogen) atoms. The van der Waals surface area contributed by atoms with Crippen molar-refractivity contribution in [3.05, 3.63) is 64.6 Å². The fourth-order valence-corrected chi connectivity index (χ4v) is 4.56. The SMILES string of the molecule is COc1cc2c(cc1/C=C1/SC(=Nc3ccccc3)NC1=O)C(C)=CC(C)(C)N2C. The van der Waals surface area contributed by atoms with Crippen LogP contribution in [-0.2, 0) is 4.79 Å². The highest BCUT2D eigenvalue weighted by Crippen LogP contribution is 2.42. The van der Waals surface area contributed by atoms with Crippen LogP contribution in [0.15, 0.2) is 58.4 Å². The molecule has 0 atom stereocenters. The number of nitrogens with zero attached hydrogens (tertiary/aromatic N) is 2. The van der Waals surface area contributed by atoms with Crippen molar-refractivity contribution < 1.29 is 9.53 Å². The molecule has 0 bridgehead atoms. The van der Waals surface area contributed by atoms with Gasteiger partial charge in [-0.15, -0.1) is 0 Å². The summed E-state index contributed by atoms with van der Waals surface area (Å²) in [6, 6.07) is 13.7. The molecular weight excluding hydrogens is 394 g/mol. The lowest BCUT2D eigenvalue weighted by molar-refractivity contribution is -0.115. The van der Waals surface area contributed by atoms with Crippen molar-refractivity contribution in [1.29, 1.82) is 0 Å². The quantitative estimate of drug-likeness (QED) is 0.693. The van der Waals surface area contributed by atoms with Crippen molar-refractivity contribution in [3.8, 4) is 5.75 Å². The number of hydrogen-bond acceptors (Lipinski definition) is 5. The molecular formula is C24H25N3O2S. The minimum atomic E-state index is -0.153. The van der Waals surface area contributed by atoms with Gasteiger partial charge < -0.3 is 15.0 Å². The number of ether oxygens (including phenoxy) is 1. The largest absolute Gasteiger partial charge is 0.496 e. The summed E-state index contributed by atoms with van der Waals surface area (Å²) in [7, 11) is 3.75. The fourth-order valence-electron chi connectivity index (χ4n) is 3.73. The highest BCUT2D eigenvalue weighted by Gasteiger charge is 2.30. The summed E-state index contributed by atoms with van der Waals surface area (Å²) in [6.07, 6.45) is 4.14. The molecule has 4 rings (SSSR count). The van der Waals surface area contributed by atoms with E-state index in [2.05, 4.69) is 61.2 Å². The number of thioether (sulfide) groups is 1. The number of aliphatic imine (C=N–C) groups is 1. The Morgan fingerprint density at radius 1 is 1.20 bits per heavy atom. The van der Waals surface area contributed by atoms with E-state index in [0.29, 0.717) is 10.1 Å². The second-order valence-electron chi connectivity index (χ2n) is 7.97. The van der Waals surface area contributed by atoms with Gasteiger partial charge in [-0.25, -0.2) is 4.99 Å². The number of anilines is 1. The van der Waals surface area contributed by atoms with Gasteiger partial charge in [-0.05, 0) is 62.4 Å². The van der Waals surface area contributed by atoms with E-state index in [4.69, 9.17) is 4.74 Å². The molecule has 1 fully saturated rings. The number of methoxy groups -OCH3 is 1. The maximum atomic E-state index is 12.5. The predicted octanol–water partition coefficient (Wildman–Crippen LogP) is 5.22. The number of allylic oxidation sites excluding steroid dienone is 1. The zero-order valence-corrected chi connectivity index (χ0v) is 18.6. The Kier molecular flexibility index (Phi) is 5.20. The molecule has 0 aromatic heterocycles. The first-order valence-corrected chi connectivity index (χ1v) is 10.6. The first-order valence-electron chi connectivity index (χ1n) is 9.79. The van der Waals surface area contributed by atoms with Crippen LogP contribution in [0, 0.1) is 0 Å². The van der Waals surface area contributed by atoms with E-state index in [1.165, 1.54) is 17.3 Å². The Balaban J connectivity index is 1.71. The molecule has 2 aromatic carbocycles. The van der Waals surface area contributed by atoms with Crippen LogP contribution in [0.2, 0.25) is 0 Å². The number of benzene rings is 2. The van der Waals surface area contributed by atoms with Crippen LogP contribution in [-0.4, -0.2) is 30.8 Å². The van der Waals surface area contributed by atoms with Crippen LogP contribution in [0.3, 0.4) is 0 Å². The van der Waals surface area contributed by atoms with E-state index in [1.54, 1.807) is 7.11 Å². The van der Waals surface area contributed by atoms with Crippen molar-refractivity contribution in [3.63, 3.8) is 0 Å². The zero-order valence-electron chi connectivity index (χ0n) is 17.8. The lowest BCUT2D eigenvalue weighted by Crippen LogP contribution is -2.42. The summed E-state index contributed by atoms with van der Waals surface area (Å²) < 4.78 is 5.67.